The predicted octanol–water partition coefficient (Wildman–Crippen LogP) is 11.2. The van der Waals surface area contributed by atoms with Gasteiger partial charge in [-0.05, 0) is 215 Å². The van der Waals surface area contributed by atoms with E-state index in [1.165, 1.54) is 82.9 Å². The van der Waals surface area contributed by atoms with Crippen LogP contribution in [0.5, 0.6) is 0 Å². The van der Waals surface area contributed by atoms with Gasteiger partial charge in [0.05, 0.1) is 0 Å². The van der Waals surface area contributed by atoms with Crippen LogP contribution in [0.2, 0.25) is 0 Å². The van der Waals surface area contributed by atoms with Crippen LogP contribution in [-0.2, 0) is 0 Å². The Kier molecular flexibility index (Phi) is 22.2. The Morgan fingerprint density at radius 2 is 0.873 bits per heavy atom. The Hall–Kier alpha value is -5.06. The molecule has 6 rings (SSSR count). The smallest absolute Gasteiger partial charge is 0.423 e. The zero-order valence-corrected chi connectivity index (χ0v) is 41.8. The van der Waals surface area contributed by atoms with E-state index in [1.54, 1.807) is 12.1 Å². The molecule has 0 saturated carbocycles. The largest absolute Gasteiger partial charge is 0.490 e. The van der Waals surface area contributed by atoms with Gasteiger partial charge in [-0.1, -0.05) is 38.5 Å². The Morgan fingerprint density at radius 1 is 0.524 bits per heavy atom. The first-order chi connectivity index (χ1) is 29.7. The molecule has 0 fully saturated rings. The molecule has 3 aromatic heterocycles. The van der Waals surface area contributed by atoms with Crippen molar-refractivity contribution < 1.29 is 20.6 Å². The average molecular weight is 970 g/mol. The monoisotopic (exact) mass is 969 g/mol. The molecule has 11 nitrogen and oxygen atoms in total. The van der Waals surface area contributed by atoms with Gasteiger partial charge in [0.1, 0.15) is 17.5 Å². The lowest BCUT2D eigenvalue weighted by molar-refractivity contribution is -0.176. The van der Waals surface area contributed by atoms with E-state index in [-0.39, 0.29) is 0 Å². The van der Waals surface area contributed by atoms with Crippen molar-refractivity contribution in [2.75, 3.05) is 22.1 Å². The van der Waals surface area contributed by atoms with Crippen LogP contribution < -0.4 is 27.6 Å². The molecule has 0 radical (unpaired) electrons. The molecule has 0 bridgehead atoms. The van der Waals surface area contributed by atoms with Crippen LogP contribution in [0.4, 0.5) is 23.1 Å². The van der Waals surface area contributed by atoms with Crippen molar-refractivity contribution in [3.05, 3.63) is 127 Å². The highest BCUT2D eigenvalue weighted by Crippen LogP contribution is 2.39. The zero-order valence-electron chi connectivity index (χ0n) is 39.6. The van der Waals surface area contributed by atoms with Crippen LogP contribution in [0.3, 0.4) is 0 Å². The lowest BCUT2D eigenvalue weighted by Gasteiger charge is -2.21. The molecule has 0 aliphatic rings. The lowest BCUT2D eigenvalue weighted by Crippen LogP contribution is -2.30. The summed E-state index contributed by atoms with van der Waals surface area (Å²) in [4.78, 5) is 12.9. The zero-order chi connectivity index (χ0) is 47.7. The van der Waals surface area contributed by atoms with Crippen LogP contribution in [0.1, 0.15) is 92.5 Å². The van der Waals surface area contributed by atoms with E-state index in [2.05, 4.69) is 156 Å². The van der Waals surface area contributed by atoms with Gasteiger partial charge in [-0.15, -0.1) is 0 Å². The molecule has 13 heteroatoms. The van der Waals surface area contributed by atoms with Gasteiger partial charge in [0.25, 0.3) is 0 Å². The van der Waals surface area contributed by atoms with Crippen molar-refractivity contribution in [1.82, 2.24) is 15.0 Å². The van der Waals surface area contributed by atoms with Crippen molar-refractivity contribution >= 4 is 58.3 Å². The molecular formula is C50H69BIN7O4. The molecule has 338 valence electrons. The van der Waals surface area contributed by atoms with Crippen LogP contribution >= 0.6 is 22.6 Å². The van der Waals surface area contributed by atoms with Crippen LogP contribution in [0, 0.1) is 59.0 Å². The van der Waals surface area contributed by atoms with Crippen LogP contribution in [0.25, 0.3) is 33.4 Å². The topological polar surface area (TPSA) is 196 Å². The van der Waals surface area contributed by atoms with Gasteiger partial charge in [0.15, 0.2) is 0 Å². The van der Waals surface area contributed by atoms with E-state index in [0.717, 1.165) is 28.5 Å². The minimum absolute atomic E-state index is 0.317. The van der Waals surface area contributed by atoms with Crippen molar-refractivity contribution in [2.24, 2.45) is 0 Å². The predicted molar refractivity (Wildman–Crippen MR) is 277 cm³/mol. The van der Waals surface area contributed by atoms with E-state index < -0.39 is 7.12 Å². The number of hydrogen-bond donors (Lipinski definition) is 8. The first kappa shape index (κ1) is 54.1. The van der Waals surface area contributed by atoms with Gasteiger partial charge >= 0.3 is 7.12 Å². The quantitative estimate of drug-likeness (QED) is 0.0238. The first-order valence-electron chi connectivity index (χ1n) is 21.2. The van der Waals surface area contributed by atoms with Gasteiger partial charge in [0.2, 0.25) is 0 Å². The Morgan fingerprint density at radius 3 is 1.21 bits per heavy atom. The molecule has 0 unspecified atom stereocenters. The number of benzene rings is 3. The second-order valence-corrected chi connectivity index (χ2v) is 17.2. The van der Waals surface area contributed by atoms with Gasteiger partial charge < -0.3 is 32.1 Å². The molecule has 3 aromatic carbocycles. The summed E-state index contributed by atoms with van der Waals surface area (Å²) in [5.41, 5.74) is 30.7. The molecule has 10 N–H and O–H groups in total. The van der Waals surface area contributed by atoms with Gasteiger partial charge in [-0.2, -0.15) is 0 Å². The highest BCUT2D eigenvalue weighted by molar-refractivity contribution is 14.1. The number of nitrogen functional groups attached to an aromatic ring is 2. The molecule has 0 atom stereocenters. The highest BCUT2D eigenvalue weighted by atomic mass is 127. The van der Waals surface area contributed by atoms with Gasteiger partial charge in [0, 0.05) is 56.5 Å². The maximum Gasteiger partial charge on any atom is 0.490 e. The SMILES string of the molecule is CC(C)Nc1ccc(B(O)O)cn1.CCC.Cc1c(C)c(-c2ccc(N)cc2)c(C)c(C)c1I.Cc1c(C)c(-c2ccc(NC(C)C)nc2)c(C)c(C)c1-c1ccc(N)nc1.OO. The Balaban J connectivity index is 0.000000328. The summed E-state index contributed by atoms with van der Waals surface area (Å²) in [7, 11) is -1.44. The Labute approximate surface area is 390 Å². The van der Waals surface area contributed by atoms with E-state index in [1.807, 2.05) is 50.5 Å². The third-order valence-electron chi connectivity index (χ3n) is 10.4. The number of hydrogen-bond acceptors (Lipinski definition) is 11. The van der Waals surface area contributed by atoms with Crippen molar-refractivity contribution in [3.63, 3.8) is 0 Å². The number of pyridine rings is 3. The van der Waals surface area contributed by atoms with E-state index in [0.29, 0.717) is 23.4 Å². The Bertz CT molecular complexity index is 2280. The molecule has 63 heavy (non-hydrogen) atoms. The summed E-state index contributed by atoms with van der Waals surface area (Å²) in [6, 6.07) is 20.3. The molecule has 0 aliphatic carbocycles. The molecular weight excluding hydrogens is 900 g/mol. The molecule has 0 aliphatic heterocycles. The number of anilines is 4. The third-order valence-corrected chi connectivity index (χ3v) is 12.1. The normalized spacial score (nSPS) is 10.3. The third kappa shape index (κ3) is 15.0. The maximum absolute atomic E-state index is 8.79. The van der Waals surface area contributed by atoms with Crippen molar-refractivity contribution in [2.45, 2.75) is 115 Å². The van der Waals surface area contributed by atoms with E-state index >= 15 is 0 Å². The van der Waals surface area contributed by atoms with Crippen LogP contribution in [0.15, 0.2) is 79.3 Å². The number of nitrogens with two attached hydrogens (primary N) is 2. The molecule has 6 aromatic rings. The summed E-state index contributed by atoms with van der Waals surface area (Å²) < 4.78 is 1.38. The molecule has 3 heterocycles. The summed E-state index contributed by atoms with van der Waals surface area (Å²) in [6.07, 6.45) is 6.51. The molecule has 0 saturated heterocycles. The van der Waals surface area contributed by atoms with Gasteiger partial charge in [-0.3, -0.25) is 10.5 Å². The fourth-order valence-electron chi connectivity index (χ4n) is 6.94. The minimum atomic E-state index is -1.44. The molecule has 0 spiro atoms. The number of nitrogens with zero attached hydrogens (tertiary/aromatic N) is 3. The lowest BCUT2D eigenvalue weighted by atomic mass is 9.82. The number of nitrogens with one attached hydrogen (secondary N) is 2. The summed E-state index contributed by atoms with van der Waals surface area (Å²) in [5, 5.41) is 36.0. The highest BCUT2D eigenvalue weighted by Gasteiger charge is 2.18. The fraction of sp³-hybridized carbons (Fsp3) is 0.340. The number of aromatic nitrogens is 3. The van der Waals surface area contributed by atoms with Crippen molar-refractivity contribution in [3.8, 4) is 33.4 Å². The number of halogens is 1. The fourth-order valence-corrected chi connectivity index (χ4v) is 7.75. The standard InChI is InChI=1S/C23H28N4.C16H18IN.C8H13BN2O2.C3H8.H2O2/c1-13(2)27-21-10-8-19(12-26-21)23-16(5)14(3)22(15(4)17(23)6)18-7-9-20(24)25-11-18;1-9-11(3)16(17)12(4)10(2)15(9)13-5-7-14(18)8-6-13;1-6(2)11-8-4-3-7(5-10-8)9(12)13;1-3-2;1-2/h7-13H,1-6H3,(H2,24,25)(H,26,27);5-8H,18H2,1-4H3;3-6,12-13H,1-2H3,(H,10,11);3H2,1-2H3;1-2H. The summed E-state index contributed by atoms with van der Waals surface area (Å²) >= 11 is 2.44. The van der Waals surface area contributed by atoms with Crippen molar-refractivity contribution in [1.29, 1.82) is 0 Å². The molecule has 0 amide bonds. The van der Waals surface area contributed by atoms with E-state index in [9.17, 15) is 0 Å². The minimum Gasteiger partial charge on any atom is -0.423 e. The van der Waals surface area contributed by atoms with Crippen LogP contribution in [-0.4, -0.2) is 54.7 Å². The average Bonchev–Trinajstić information content (AvgIpc) is 3.25. The van der Waals surface area contributed by atoms with Gasteiger partial charge in [-0.25, -0.2) is 15.0 Å². The summed E-state index contributed by atoms with van der Waals surface area (Å²) in [6.45, 7) is 30.0. The second-order valence-electron chi connectivity index (χ2n) is 16.1. The number of rotatable bonds is 8. The van der Waals surface area contributed by atoms with E-state index in [4.69, 9.17) is 32.0 Å². The second kappa shape index (κ2) is 25.9. The summed E-state index contributed by atoms with van der Waals surface area (Å²) in [5.74, 6) is 2.18. The first-order valence-corrected chi connectivity index (χ1v) is 22.3. The maximum atomic E-state index is 8.79.